The molecule has 0 aliphatic carbocycles. The fourth-order valence-corrected chi connectivity index (χ4v) is 3.08. The first kappa shape index (κ1) is 10.5. The molecule has 1 aliphatic heterocycles. The molecule has 0 spiro atoms. The van der Waals surface area contributed by atoms with Crippen molar-refractivity contribution in [1.29, 1.82) is 0 Å². The first-order valence-electron chi connectivity index (χ1n) is 5.21. The summed E-state index contributed by atoms with van der Waals surface area (Å²) in [6, 6.07) is 2.51. The zero-order chi connectivity index (χ0) is 11.0. The van der Waals surface area contributed by atoms with Crippen molar-refractivity contribution in [3.8, 4) is 0 Å². The molecule has 1 fully saturated rings. The quantitative estimate of drug-likeness (QED) is 0.757. The van der Waals surface area contributed by atoms with Gasteiger partial charge in [-0.1, -0.05) is 0 Å². The number of rotatable bonds is 2. The molecule has 0 aromatic carbocycles. The van der Waals surface area contributed by atoms with Gasteiger partial charge in [0.2, 0.25) is 0 Å². The van der Waals surface area contributed by atoms with E-state index in [-0.39, 0.29) is 12.1 Å². The molecule has 1 aromatic heterocycles. The fourth-order valence-electron chi connectivity index (χ4n) is 2.01. The lowest BCUT2D eigenvalue weighted by Gasteiger charge is -2.17. The van der Waals surface area contributed by atoms with Gasteiger partial charge >= 0.3 is 6.03 Å². The van der Waals surface area contributed by atoms with Crippen LogP contribution in [0.3, 0.4) is 0 Å². The number of thiophene rings is 1. The Kier molecular flexibility index (Phi) is 2.69. The van der Waals surface area contributed by atoms with Crippen LogP contribution in [0.25, 0.3) is 0 Å². The van der Waals surface area contributed by atoms with Crippen molar-refractivity contribution in [3.63, 3.8) is 0 Å². The second-order valence-electron chi connectivity index (χ2n) is 3.92. The molecule has 0 radical (unpaired) electrons. The van der Waals surface area contributed by atoms with Gasteiger partial charge in [-0.25, -0.2) is 4.79 Å². The maximum absolute atomic E-state index is 11.8. The van der Waals surface area contributed by atoms with Crippen molar-refractivity contribution >= 4 is 17.4 Å². The third kappa shape index (κ3) is 1.63. The minimum atomic E-state index is 0.148. The lowest BCUT2D eigenvalue weighted by molar-refractivity contribution is 0.197. The van der Waals surface area contributed by atoms with Crippen molar-refractivity contribution < 1.29 is 4.79 Å². The molecular weight excluding hydrogens is 208 g/mol. The number of amides is 2. The van der Waals surface area contributed by atoms with E-state index in [1.807, 2.05) is 23.8 Å². The van der Waals surface area contributed by atoms with Gasteiger partial charge in [-0.05, 0) is 30.9 Å². The van der Waals surface area contributed by atoms with Gasteiger partial charge in [0.25, 0.3) is 0 Å². The Labute approximate surface area is 94.3 Å². The smallest absolute Gasteiger partial charge is 0.320 e. The van der Waals surface area contributed by atoms with Gasteiger partial charge in [0.1, 0.15) is 0 Å². The van der Waals surface area contributed by atoms with Gasteiger partial charge in [0, 0.05) is 25.0 Å². The molecule has 82 valence electrons. The molecule has 15 heavy (non-hydrogen) atoms. The summed E-state index contributed by atoms with van der Waals surface area (Å²) in [6.07, 6.45) is 0. The van der Waals surface area contributed by atoms with Gasteiger partial charge in [0.15, 0.2) is 0 Å². The van der Waals surface area contributed by atoms with E-state index >= 15 is 0 Å². The van der Waals surface area contributed by atoms with E-state index in [0.29, 0.717) is 0 Å². The molecule has 0 saturated carbocycles. The number of aryl methyl sites for hydroxylation is 1. The Morgan fingerprint density at radius 1 is 1.60 bits per heavy atom. The fraction of sp³-hybridized carbons (Fsp3) is 0.545. The summed E-state index contributed by atoms with van der Waals surface area (Å²) in [5.41, 5.74) is 1.29. The molecular formula is C11H16N2OS. The van der Waals surface area contributed by atoms with Crippen LogP contribution in [0.4, 0.5) is 4.79 Å². The lowest BCUT2D eigenvalue weighted by atomic mass is 10.1. The van der Waals surface area contributed by atoms with E-state index < -0.39 is 0 Å². The van der Waals surface area contributed by atoms with Crippen molar-refractivity contribution in [2.24, 2.45) is 0 Å². The number of hydrogen-bond acceptors (Lipinski definition) is 2. The Hall–Kier alpha value is -1.03. The molecule has 0 bridgehead atoms. The van der Waals surface area contributed by atoms with Gasteiger partial charge in [-0.3, -0.25) is 0 Å². The molecule has 1 atom stereocenters. The summed E-state index contributed by atoms with van der Waals surface area (Å²) in [6.45, 7) is 5.76. The zero-order valence-electron chi connectivity index (χ0n) is 9.36. The van der Waals surface area contributed by atoms with Crippen molar-refractivity contribution in [3.05, 3.63) is 21.9 Å². The second kappa shape index (κ2) is 3.85. The molecule has 1 saturated heterocycles. The first-order chi connectivity index (χ1) is 7.15. The molecule has 4 heteroatoms. The number of hydrogen-bond donors (Lipinski definition) is 0. The van der Waals surface area contributed by atoms with Crippen LogP contribution >= 0.6 is 11.3 Å². The third-order valence-corrected chi connectivity index (χ3v) is 4.14. The predicted octanol–water partition coefficient (Wildman–Crippen LogP) is 2.48. The normalized spacial score (nSPS) is 21.5. The Morgan fingerprint density at radius 2 is 2.33 bits per heavy atom. The van der Waals surface area contributed by atoms with Crippen LogP contribution in [0.2, 0.25) is 0 Å². The largest absolute Gasteiger partial charge is 0.322 e. The maximum Gasteiger partial charge on any atom is 0.320 e. The number of nitrogens with zero attached hydrogens (tertiary/aromatic N) is 2. The molecule has 0 N–H and O–H groups in total. The molecule has 2 rings (SSSR count). The standard InChI is InChI=1S/C11H16N2OS/c1-4-13-7-9(12(3)11(13)14)10-8(2)5-6-15-10/h5-6,9H,4,7H2,1-3H3. The van der Waals surface area contributed by atoms with Crippen LogP contribution in [0.1, 0.15) is 23.4 Å². The predicted molar refractivity (Wildman–Crippen MR) is 62.2 cm³/mol. The molecule has 3 nitrogen and oxygen atoms in total. The van der Waals surface area contributed by atoms with Crippen LogP contribution in [0.5, 0.6) is 0 Å². The van der Waals surface area contributed by atoms with Crippen LogP contribution in [-0.2, 0) is 0 Å². The summed E-state index contributed by atoms with van der Waals surface area (Å²) in [4.78, 5) is 16.9. The zero-order valence-corrected chi connectivity index (χ0v) is 10.2. The highest BCUT2D eigenvalue weighted by Crippen LogP contribution is 2.33. The monoisotopic (exact) mass is 224 g/mol. The van der Waals surface area contributed by atoms with Gasteiger partial charge in [0.05, 0.1) is 6.04 Å². The van der Waals surface area contributed by atoms with Crippen LogP contribution in [-0.4, -0.2) is 36.0 Å². The number of carbonyl (C=O) groups excluding carboxylic acids is 1. The lowest BCUT2D eigenvalue weighted by Crippen LogP contribution is -2.29. The van der Waals surface area contributed by atoms with Gasteiger partial charge < -0.3 is 9.80 Å². The highest BCUT2D eigenvalue weighted by Gasteiger charge is 2.35. The summed E-state index contributed by atoms with van der Waals surface area (Å²) >= 11 is 1.74. The number of carbonyl (C=O) groups is 1. The van der Waals surface area contributed by atoms with E-state index in [1.165, 1.54) is 10.4 Å². The number of urea groups is 1. The number of likely N-dealkylation sites (N-methyl/N-ethyl adjacent to an activating group) is 2. The molecule has 1 aliphatic rings. The Morgan fingerprint density at radius 3 is 2.80 bits per heavy atom. The summed E-state index contributed by atoms with van der Waals surface area (Å²) < 4.78 is 0. The van der Waals surface area contributed by atoms with E-state index in [9.17, 15) is 4.79 Å². The average Bonchev–Trinajstić information content (AvgIpc) is 2.74. The van der Waals surface area contributed by atoms with E-state index in [4.69, 9.17) is 0 Å². The third-order valence-electron chi connectivity index (χ3n) is 3.02. The minimum absolute atomic E-state index is 0.148. The van der Waals surface area contributed by atoms with Crippen molar-refractivity contribution in [2.45, 2.75) is 19.9 Å². The van der Waals surface area contributed by atoms with E-state index in [0.717, 1.165) is 13.1 Å². The average molecular weight is 224 g/mol. The summed E-state index contributed by atoms with van der Waals surface area (Å²) in [5.74, 6) is 0. The Balaban J connectivity index is 2.26. The molecule has 2 amide bonds. The van der Waals surface area contributed by atoms with E-state index in [1.54, 1.807) is 11.3 Å². The highest BCUT2D eigenvalue weighted by atomic mass is 32.1. The van der Waals surface area contributed by atoms with E-state index in [2.05, 4.69) is 18.4 Å². The summed E-state index contributed by atoms with van der Waals surface area (Å²) in [5, 5.41) is 2.09. The molecule has 2 heterocycles. The maximum atomic E-state index is 11.8. The molecule has 1 aromatic rings. The van der Waals surface area contributed by atoms with Crippen molar-refractivity contribution in [1.82, 2.24) is 9.80 Å². The van der Waals surface area contributed by atoms with Gasteiger partial charge in [-0.15, -0.1) is 11.3 Å². The first-order valence-corrected chi connectivity index (χ1v) is 6.08. The Bertz CT molecular complexity index is 374. The second-order valence-corrected chi connectivity index (χ2v) is 4.86. The van der Waals surface area contributed by atoms with Gasteiger partial charge in [-0.2, -0.15) is 0 Å². The minimum Gasteiger partial charge on any atom is -0.322 e. The van der Waals surface area contributed by atoms with Crippen molar-refractivity contribution in [2.75, 3.05) is 20.1 Å². The van der Waals surface area contributed by atoms with Crippen LogP contribution in [0.15, 0.2) is 11.4 Å². The van der Waals surface area contributed by atoms with Crippen LogP contribution < -0.4 is 0 Å². The topological polar surface area (TPSA) is 23.6 Å². The summed E-state index contributed by atoms with van der Waals surface area (Å²) in [7, 11) is 1.89. The molecule has 1 unspecified atom stereocenters. The highest BCUT2D eigenvalue weighted by molar-refractivity contribution is 7.10. The SMILES string of the molecule is CCN1CC(c2sccc2C)N(C)C1=O. The van der Waals surface area contributed by atoms with Crippen LogP contribution in [0, 0.1) is 6.92 Å².